The van der Waals surface area contributed by atoms with Gasteiger partial charge in [0.15, 0.2) is 5.78 Å². The Morgan fingerprint density at radius 1 is 1.22 bits per heavy atom. The van der Waals surface area contributed by atoms with Gasteiger partial charge in [-0.3, -0.25) is 14.4 Å². The molecule has 1 aliphatic carbocycles. The van der Waals surface area contributed by atoms with E-state index < -0.39 is 11.9 Å². The van der Waals surface area contributed by atoms with Crippen molar-refractivity contribution in [1.82, 2.24) is 0 Å². The lowest BCUT2D eigenvalue weighted by molar-refractivity contribution is -0.146. The summed E-state index contributed by atoms with van der Waals surface area (Å²) in [5, 5.41) is 0. The van der Waals surface area contributed by atoms with Crippen LogP contribution in [0.25, 0.3) is 0 Å². The summed E-state index contributed by atoms with van der Waals surface area (Å²) in [6.07, 6.45) is 1.81. The van der Waals surface area contributed by atoms with E-state index in [0.29, 0.717) is 0 Å². The zero-order valence-corrected chi connectivity index (χ0v) is 10.9. The van der Waals surface area contributed by atoms with Crippen LogP contribution in [-0.2, 0) is 23.9 Å². The van der Waals surface area contributed by atoms with Crippen molar-refractivity contribution >= 4 is 17.5 Å². The van der Waals surface area contributed by atoms with E-state index in [1.165, 1.54) is 7.11 Å². The van der Waals surface area contributed by atoms with E-state index in [1.54, 1.807) is 6.92 Å². The molecule has 1 atom stereocenters. The van der Waals surface area contributed by atoms with Crippen LogP contribution < -0.4 is 0 Å². The predicted octanol–water partition coefficient (Wildman–Crippen LogP) is 1.14. The number of methoxy groups -OCH3 is 1. The first-order valence-corrected chi connectivity index (χ1v) is 6.28. The normalized spacial score (nSPS) is 16.1. The molecule has 0 radical (unpaired) electrons. The van der Waals surface area contributed by atoms with Crippen LogP contribution >= 0.6 is 0 Å². The third-order valence-electron chi connectivity index (χ3n) is 2.88. The predicted molar refractivity (Wildman–Crippen MR) is 64.0 cm³/mol. The summed E-state index contributed by atoms with van der Waals surface area (Å²) >= 11 is 0. The molecule has 1 rings (SSSR count). The molecular weight excluding hydrogens is 236 g/mol. The average Bonchev–Trinajstić information content (AvgIpc) is 3.11. The molecule has 0 spiro atoms. The van der Waals surface area contributed by atoms with Gasteiger partial charge in [-0.15, -0.1) is 0 Å². The Hall–Kier alpha value is -1.23. The van der Waals surface area contributed by atoms with Crippen molar-refractivity contribution < 1.29 is 23.9 Å². The highest BCUT2D eigenvalue weighted by atomic mass is 16.5. The first kappa shape index (κ1) is 14.8. The van der Waals surface area contributed by atoms with Crippen molar-refractivity contribution in [3.63, 3.8) is 0 Å². The first-order valence-electron chi connectivity index (χ1n) is 6.28. The van der Waals surface area contributed by atoms with Gasteiger partial charge in [-0.25, -0.2) is 0 Å². The van der Waals surface area contributed by atoms with Crippen molar-refractivity contribution in [2.45, 2.75) is 32.6 Å². The summed E-state index contributed by atoms with van der Waals surface area (Å²) in [7, 11) is 1.43. The minimum absolute atomic E-state index is 0.00136. The summed E-state index contributed by atoms with van der Waals surface area (Å²) in [5.41, 5.74) is 0. The highest BCUT2D eigenvalue weighted by Gasteiger charge is 2.36. The zero-order valence-electron chi connectivity index (χ0n) is 10.9. The van der Waals surface area contributed by atoms with Crippen LogP contribution in [0.2, 0.25) is 0 Å². The molecule has 0 heterocycles. The van der Waals surface area contributed by atoms with Crippen LogP contribution in [0.3, 0.4) is 0 Å². The van der Waals surface area contributed by atoms with Gasteiger partial charge in [0.1, 0.15) is 12.4 Å². The fraction of sp³-hybridized carbons (Fsp3) is 0.769. The van der Waals surface area contributed by atoms with Gasteiger partial charge >= 0.3 is 5.97 Å². The van der Waals surface area contributed by atoms with E-state index in [-0.39, 0.29) is 43.5 Å². The van der Waals surface area contributed by atoms with Gasteiger partial charge in [0.25, 0.3) is 0 Å². The van der Waals surface area contributed by atoms with Crippen LogP contribution in [0.15, 0.2) is 0 Å². The van der Waals surface area contributed by atoms with E-state index in [1.807, 2.05) is 0 Å². The second-order valence-corrected chi connectivity index (χ2v) is 4.56. The number of Topliss-reactive ketones (excluding diaryl/α,β-unsaturated/α-hetero) is 2. The highest BCUT2D eigenvalue weighted by molar-refractivity contribution is 5.93. The fourth-order valence-electron chi connectivity index (χ4n) is 1.89. The summed E-state index contributed by atoms with van der Waals surface area (Å²) in [6, 6.07) is 0. The molecule has 0 aromatic rings. The first-order chi connectivity index (χ1) is 8.58. The molecule has 0 N–H and O–H groups in total. The molecule has 5 nitrogen and oxygen atoms in total. The van der Waals surface area contributed by atoms with Gasteiger partial charge in [0, 0.05) is 25.4 Å². The maximum absolute atomic E-state index is 12.0. The van der Waals surface area contributed by atoms with E-state index in [2.05, 4.69) is 0 Å². The second kappa shape index (κ2) is 7.26. The molecule has 1 unspecified atom stereocenters. The number of carbonyl (C=O) groups is 3. The molecular formula is C13H20O5. The molecule has 0 amide bonds. The summed E-state index contributed by atoms with van der Waals surface area (Å²) in [6.45, 7) is 1.98. The van der Waals surface area contributed by atoms with Gasteiger partial charge in [-0.1, -0.05) is 0 Å². The number of ether oxygens (including phenoxy) is 2. The Labute approximate surface area is 107 Å². The molecule has 1 saturated carbocycles. The summed E-state index contributed by atoms with van der Waals surface area (Å²) < 4.78 is 9.57. The molecule has 0 aromatic carbocycles. The third kappa shape index (κ3) is 4.96. The molecule has 0 aromatic heterocycles. The third-order valence-corrected chi connectivity index (χ3v) is 2.88. The van der Waals surface area contributed by atoms with E-state index in [9.17, 15) is 14.4 Å². The molecule has 102 valence electrons. The monoisotopic (exact) mass is 256 g/mol. The smallest absolute Gasteiger partial charge is 0.306 e. The summed E-state index contributed by atoms with van der Waals surface area (Å²) in [4.78, 5) is 34.9. The van der Waals surface area contributed by atoms with Gasteiger partial charge in [0.05, 0.1) is 13.0 Å². The Morgan fingerprint density at radius 2 is 1.89 bits per heavy atom. The topological polar surface area (TPSA) is 69.7 Å². The quantitative estimate of drug-likeness (QED) is 0.579. The van der Waals surface area contributed by atoms with E-state index >= 15 is 0 Å². The highest BCUT2D eigenvalue weighted by Crippen LogP contribution is 2.34. The maximum Gasteiger partial charge on any atom is 0.306 e. The van der Waals surface area contributed by atoms with Gasteiger partial charge in [-0.05, 0) is 19.8 Å². The SMILES string of the molecule is CCOC(=O)CC(CC(=O)COC)C(=O)C1CC1. The van der Waals surface area contributed by atoms with Gasteiger partial charge in [-0.2, -0.15) is 0 Å². The van der Waals surface area contributed by atoms with Crippen LogP contribution in [0.4, 0.5) is 0 Å². The number of carbonyl (C=O) groups excluding carboxylic acids is 3. The number of esters is 1. The number of hydrogen-bond donors (Lipinski definition) is 0. The zero-order chi connectivity index (χ0) is 13.5. The van der Waals surface area contributed by atoms with Gasteiger partial charge in [0.2, 0.25) is 0 Å². The number of hydrogen-bond acceptors (Lipinski definition) is 5. The molecule has 0 aliphatic heterocycles. The Kier molecular flexibility index (Phi) is 5.98. The molecule has 0 bridgehead atoms. The van der Waals surface area contributed by atoms with Crippen molar-refractivity contribution in [1.29, 1.82) is 0 Å². The lowest BCUT2D eigenvalue weighted by atomic mass is 9.91. The van der Waals surface area contributed by atoms with Crippen LogP contribution in [0.1, 0.15) is 32.6 Å². The molecule has 1 fully saturated rings. The Balaban J connectivity index is 2.53. The molecule has 1 aliphatic rings. The average molecular weight is 256 g/mol. The fourth-order valence-corrected chi connectivity index (χ4v) is 1.89. The Bertz CT molecular complexity index is 299. The lowest BCUT2D eigenvalue weighted by Crippen LogP contribution is -2.25. The van der Waals surface area contributed by atoms with Crippen molar-refractivity contribution in [2.75, 3.05) is 20.3 Å². The van der Waals surface area contributed by atoms with Crippen LogP contribution in [-0.4, -0.2) is 37.9 Å². The minimum atomic E-state index is -0.542. The van der Waals surface area contributed by atoms with Crippen LogP contribution in [0, 0.1) is 11.8 Å². The summed E-state index contributed by atoms with van der Waals surface area (Å²) in [5.74, 6) is -1.05. The number of ketones is 2. The lowest BCUT2D eigenvalue weighted by Gasteiger charge is -2.13. The standard InChI is InChI=1S/C13H20O5/c1-3-18-12(15)7-10(6-11(14)8-17-2)13(16)9-4-5-9/h9-10H,3-8H2,1-2H3. The minimum Gasteiger partial charge on any atom is -0.466 e. The Morgan fingerprint density at radius 3 is 2.39 bits per heavy atom. The number of rotatable bonds is 9. The molecule has 5 heteroatoms. The van der Waals surface area contributed by atoms with E-state index in [0.717, 1.165) is 12.8 Å². The van der Waals surface area contributed by atoms with E-state index in [4.69, 9.17) is 9.47 Å². The second-order valence-electron chi connectivity index (χ2n) is 4.56. The maximum atomic E-state index is 12.0. The molecule has 18 heavy (non-hydrogen) atoms. The van der Waals surface area contributed by atoms with Crippen molar-refractivity contribution in [3.8, 4) is 0 Å². The van der Waals surface area contributed by atoms with Crippen molar-refractivity contribution in [3.05, 3.63) is 0 Å². The van der Waals surface area contributed by atoms with Gasteiger partial charge < -0.3 is 9.47 Å². The largest absolute Gasteiger partial charge is 0.466 e. The molecule has 0 saturated heterocycles. The van der Waals surface area contributed by atoms with Crippen LogP contribution in [0.5, 0.6) is 0 Å². The van der Waals surface area contributed by atoms with Crippen molar-refractivity contribution in [2.24, 2.45) is 11.8 Å².